The van der Waals surface area contributed by atoms with Crippen LogP contribution in [-0.4, -0.2) is 39.4 Å². The van der Waals surface area contributed by atoms with E-state index < -0.39 is 0 Å². The van der Waals surface area contributed by atoms with Crippen molar-refractivity contribution in [2.24, 2.45) is 0 Å². The number of carbonyl (C=O) groups excluding carboxylic acids is 1. The van der Waals surface area contributed by atoms with Gasteiger partial charge in [0.25, 0.3) is 5.91 Å². The molecule has 0 saturated heterocycles. The van der Waals surface area contributed by atoms with Gasteiger partial charge in [-0.05, 0) is 18.6 Å². The second-order valence-electron chi connectivity index (χ2n) is 6.58. The molecule has 2 heterocycles. The number of unbranched alkanes of at least 4 members (excludes halogenated alkanes) is 1. The molecule has 1 N–H and O–H groups in total. The molecule has 3 aromatic rings. The molecule has 0 atom stereocenters. The van der Waals surface area contributed by atoms with E-state index in [2.05, 4.69) is 27.2 Å². The summed E-state index contributed by atoms with van der Waals surface area (Å²) in [5, 5.41) is 3.26. The van der Waals surface area contributed by atoms with E-state index in [0.717, 1.165) is 24.1 Å². The highest BCUT2D eigenvalue weighted by atomic mass is 16.2. The van der Waals surface area contributed by atoms with E-state index in [-0.39, 0.29) is 5.91 Å². The number of amides is 1. The summed E-state index contributed by atoms with van der Waals surface area (Å²) in [5.41, 5.74) is 2.15. The third-order valence-corrected chi connectivity index (χ3v) is 4.35. The summed E-state index contributed by atoms with van der Waals surface area (Å²) in [4.78, 5) is 28.0. The summed E-state index contributed by atoms with van der Waals surface area (Å²) < 4.78 is 0. The number of pyridine rings is 1. The van der Waals surface area contributed by atoms with Gasteiger partial charge in [-0.3, -0.25) is 9.78 Å². The van der Waals surface area contributed by atoms with Crippen molar-refractivity contribution in [1.82, 2.24) is 19.9 Å². The van der Waals surface area contributed by atoms with Gasteiger partial charge in [-0.15, -0.1) is 0 Å². The SMILES string of the molecule is CCCCN(C)C(=O)c1cc(NCc2ccccn2)nc(-c2ccccc2)n1. The molecule has 6 nitrogen and oxygen atoms in total. The summed E-state index contributed by atoms with van der Waals surface area (Å²) >= 11 is 0. The molecule has 0 unspecified atom stereocenters. The van der Waals surface area contributed by atoms with Crippen LogP contribution < -0.4 is 5.32 Å². The first-order valence-electron chi connectivity index (χ1n) is 9.51. The van der Waals surface area contributed by atoms with Gasteiger partial charge in [-0.2, -0.15) is 0 Å². The lowest BCUT2D eigenvalue weighted by Gasteiger charge is -2.17. The van der Waals surface area contributed by atoms with E-state index in [1.807, 2.05) is 55.6 Å². The quantitative estimate of drug-likeness (QED) is 0.644. The Morgan fingerprint density at radius 3 is 2.57 bits per heavy atom. The third-order valence-electron chi connectivity index (χ3n) is 4.35. The zero-order valence-corrected chi connectivity index (χ0v) is 16.3. The zero-order valence-electron chi connectivity index (χ0n) is 16.3. The monoisotopic (exact) mass is 375 g/mol. The number of benzene rings is 1. The molecule has 3 rings (SSSR count). The van der Waals surface area contributed by atoms with Gasteiger partial charge in [0.1, 0.15) is 11.5 Å². The number of nitrogens with zero attached hydrogens (tertiary/aromatic N) is 4. The van der Waals surface area contributed by atoms with Crippen LogP contribution in [0.2, 0.25) is 0 Å². The van der Waals surface area contributed by atoms with Gasteiger partial charge in [-0.1, -0.05) is 49.7 Å². The van der Waals surface area contributed by atoms with E-state index in [1.165, 1.54) is 0 Å². The molecular formula is C22H25N5O. The van der Waals surface area contributed by atoms with Crippen LogP contribution >= 0.6 is 0 Å². The fourth-order valence-electron chi connectivity index (χ4n) is 2.74. The van der Waals surface area contributed by atoms with E-state index in [9.17, 15) is 4.79 Å². The van der Waals surface area contributed by atoms with E-state index in [4.69, 9.17) is 0 Å². The molecule has 1 aromatic carbocycles. The third kappa shape index (κ3) is 5.13. The van der Waals surface area contributed by atoms with Crippen molar-refractivity contribution in [3.05, 3.63) is 72.2 Å². The number of hydrogen-bond donors (Lipinski definition) is 1. The Bertz CT molecular complexity index is 899. The maximum atomic E-state index is 12.9. The number of carbonyl (C=O) groups is 1. The molecule has 144 valence electrons. The Morgan fingerprint density at radius 1 is 1.07 bits per heavy atom. The molecule has 0 bridgehead atoms. The van der Waals surface area contributed by atoms with Gasteiger partial charge in [0.05, 0.1) is 12.2 Å². The van der Waals surface area contributed by atoms with Crippen molar-refractivity contribution in [2.75, 3.05) is 18.9 Å². The predicted octanol–water partition coefficient (Wildman–Crippen LogP) is 4.02. The second-order valence-corrected chi connectivity index (χ2v) is 6.58. The van der Waals surface area contributed by atoms with Gasteiger partial charge >= 0.3 is 0 Å². The number of rotatable bonds is 8. The summed E-state index contributed by atoms with van der Waals surface area (Å²) in [6.45, 7) is 3.33. The standard InChI is InChI=1S/C22H25N5O/c1-3-4-14-27(2)22(28)19-15-20(24-16-18-12-8-9-13-23-18)26-21(25-19)17-10-6-5-7-11-17/h5-13,15H,3-4,14,16H2,1-2H3,(H,24,25,26). The number of nitrogens with one attached hydrogen (secondary N) is 1. The maximum Gasteiger partial charge on any atom is 0.272 e. The van der Waals surface area contributed by atoms with E-state index in [1.54, 1.807) is 17.2 Å². The lowest BCUT2D eigenvalue weighted by molar-refractivity contribution is 0.0787. The Balaban J connectivity index is 1.89. The first-order chi connectivity index (χ1) is 13.7. The highest BCUT2D eigenvalue weighted by Crippen LogP contribution is 2.19. The summed E-state index contributed by atoms with van der Waals surface area (Å²) in [6.07, 6.45) is 3.75. The van der Waals surface area contributed by atoms with Crippen LogP contribution in [-0.2, 0) is 6.54 Å². The van der Waals surface area contributed by atoms with Crippen LogP contribution in [0.25, 0.3) is 11.4 Å². The second kappa shape index (κ2) is 9.60. The molecule has 0 saturated carbocycles. The van der Waals surface area contributed by atoms with Crippen LogP contribution in [0, 0.1) is 0 Å². The normalized spacial score (nSPS) is 10.5. The smallest absolute Gasteiger partial charge is 0.272 e. The van der Waals surface area contributed by atoms with Gasteiger partial charge in [0, 0.05) is 31.4 Å². The summed E-state index contributed by atoms with van der Waals surface area (Å²) in [6, 6.07) is 17.2. The maximum absolute atomic E-state index is 12.9. The molecule has 0 aliphatic carbocycles. The molecule has 0 aliphatic rings. The average molecular weight is 375 g/mol. The highest BCUT2D eigenvalue weighted by Gasteiger charge is 2.16. The highest BCUT2D eigenvalue weighted by molar-refractivity contribution is 5.93. The largest absolute Gasteiger partial charge is 0.364 e. The van der Waals surface area contributed by atoms with Crippen LogP contribution in [0.1, 0.15) is 35.9 Å². The fraction of sp³-hybridized carbons (Fsp3) is 0.273. The van der Waals surface area contributed by atoms with Crippen molar-refractivity contribution in [3.63, 3.8) is 0 Å². The molecular weight excluding hydrogens is 350 g/mol. The van der Waals surface area contributed by atoms with Crippen LogP contribution in [0.5, 0.6) is 0 Å². The zero-order chi connectivity index (χ0) is 19.8. The molecule has 0 fully saturated rings. The van der Waals surface area contributed by atoms with Crippen LogP contribution in [0.3, 0.4) is 0 Å². The number of anilines is 1. The van der Waals surface area contributed by atoms with Gasteiger partial charge in [-0.25, -0.2) is 9.97 Å². The number of hydrogen-bond acceptors (Lipinski definition) is 5. The molecule has 0 aliphatic heterocycles. The Morgan fingerprint density at radius 2 is 1.86 bits per heavy atom. The van der Waals surface area contributed by atoms with Gasteiger partial charge < -0.3 is 10.2 Å². The van der Waals surface area contributed by atoms with Crippen LogP contribution in [0.15, 0.2) is 60.8 Å². The molecule has 28 heavy (non-hydrogen) atoms. The molecule has 0 radical (unpaired) electrons. The van der Waals surface area contributed by atoms with E-state index in [0.29, 0.717) is 30.4 Å². The minimum absolute atomic E-state index is 0.103. The topological polar surface area (TPSA) is 71.0 Å². The first-order valence-corrected chi connectivity index (χ1v) is 9.51. The van der Waals surface area contributed by atoms with Crippen molar-refractivity contribution in [3.8, 4) is 11.4 Å². The minimum Gasteiger partial charge on any atom is -0.364 e. The molecule has 2 aromatic heterocycles. The van der Waals surface area contributed by atoms with Gasteiger partial charge in [0.15, 0.2) is 5.82 Å². The minimum atomic E-state index is -0.103. The Kier molecular flexibility index (Phi) is 6.68. The summed E-state index contributed by atoms with van der Waals surface area (Å²) in [7, 11) is 1.81. The van der Waals surface area contributed by atoms with Crippen LogP contribution in [0.4, 0.5) is 5.82 Å². The predicted molar refractivity (Wildman–Crippen MR) is 111 cm³/mol. The lowest BCUT2D eigenvalue weighted by Crippen LogP contribution is -2.28. The first kappa shape index (κ1) is 19.5. The van der Waals surface area contributed by atoms with Crippen molar-refractivity contribution in [1.29, 1.82) is 0 Å². The Hall–Kier alpha value is -3.28. The molecule has 1 amide bonds. The van der Waals surface area contributed by atoms with Gasteiger partial charge in [0.2, 0.25) is 0 Å². The van der Waals surface area contributed by atoms with Crippen molar-refractivity contribution >= 4 is 11.7 Å². The average Bonchev–Trinajstić information content (AvgIpc) is 2.76. The number of aromatic nitrogens is 3. The Labute approximate surface area is 165 Å². The molecule has 0 spiro atoms. The lowest BCUT2D eigenvalue weighted by atomic mass is 10.2. The van der Waals surface area contributed by atoms with Crippen molar-refractivity contribution in [2.45, 2.75) is 26.3 Å². The molecule has 6 heteroatoms. The summed E-state index contributed by atoms with van der Waals surface area (Å²) in [5.74, 6) is 1.03. The van der Waals surface area contributed by atoms with E-state index >= 15 is 0 Å². The fourth-order valence-corrected chi connectivity index (χ4v) is 2.74. The van der Waals surface area contributed by atoms with Crippen molar-refractivity contribution < 1.29 is 4.79 Å².